The third kappa shape index (κ3) is 3.48. The minimum Gasteiger partial charge on any atom is -0.350 e. The van der Waals surface area contributed by atoms with Gasteiger partial charge in [-0.1, -0.05) is 0 Å². The number of amides is 1. The van der Waals surface area contributed by atoms with Crippen molar-refractivity contribution in [3.8, 4) is 11.3 Å². The molecule has 1 aliphatic rings. The van der Waals surface area contributed by atoms with Gasteiger partial charge >= 0.3 is 0 Å². The second-order valence-electron chi connectivity index (χ2n) is 7.02. The van der Waals surface area contributed by atoms with E-state index in [9.17, 15) is 13.6 Å². The Hall–Kier alpha value is -2.29. The molecule has 0 radical (unpaired) electrons. The van der Waals surface area contributed by atoms with Gasteiger partial charge in [-0.25, -0.2) is 8.78 Å². The van der Waals surface area contributed by atoms with E-state index in [1.807, 2.05) is 32.8 Å². The fraction of sp³-hybridized carbons (Fsp3) is 0.588. The van der Waals surface area contributed by atoms with E-state index in [1.165, 1.54) is 0 Å². The first-order valence-electron chi connectivity index (χ1n) is 8.59. The fourth-order valence-corrected chi connectivity index (χ4v) is 3.38. The highest BCUT2D eigenvalue weighted by atomic mass is 19.3. The quantitative estimate of drug-likeness (QED) is 0.864. The molecule has 26 heavy (non-hydrogen) atoms. The Morgan fingerprint density at radius 1 is 1.42 bits per heavy atom. The highest BCUT2D eigenvalue weighted by Gasteiger charge is 2.43. The summed E-state index contributed by atoms with van der Waals surface area (Å²) in [5, 5.41) is 13.8. The van der Waals surface area contributed by atoms with Crippen molar-refractivity contribution in [3.05, 3.63) is 23.1 Å². The number of alkyl halides is 2. The van der Waals surface area contributed by atoms with Crippen LogP contribution in [0.1, 0.15) is 28.3 Å². The molecule has 2 aromatic heterocycles. The number of carbonyl (C=O) groups excluding carboxylic acids is 1. The zero-order chi connectivity index (χ0) is 19.1. The van der Waals surface area contributed by atoms with E-state index in [4.69, 9.17) is 0 Å². The number of aromatic nitrogens is 4. The van der Waals surface area contributed by atoms with Crippen LogP contribution in [0, 0.1) is 19.8 Å². The van der Waals surface area contributed by atoms with E-state index < -0.39 is 17.7 Å². The van der Waals surface area contributed by atoms with Crippen molar-refractivity contribution < 1.29 is 13.6 Å². The minimum absolute atomic E-state index is 0.0739. The van der Waals surface area contributed by atoms with Crippen LogP contribution in [0.4, 0.5) is 8.78 Å². The van der Waals surface area contributed by atoms with E-state index in [0.717, 1.165) is 17.0 Å². The molecule has 142 valence electrons. The molecule has 0 saturated carbocycles. The zero-order valence-corrected chi connectivity index (χ0v) is 15.4. The molecule has 0 bridgehead atoms. The second-order valence-corrected chi connectivity index (χ2v) is 7.02. The Morgan fingerprint density at radius 3 is 2.81 bits per heavy atom. The van der Waals surface area contributed by atoms with Gasteiger partial charge in [0.25, 0.3) is 11.8 Å². The molecule has 1 amide bonds. The van der Waals surface area contributed by atoms with Crippen LogP contribution in [0.25, 0.3) is 11.3 Å². The van der Waals surface area contributed by atoms with Crippen LogP contribution in [0.2, 0.25) is 0 Å². The largest absolute Gasteiger partial charge is 0.350 e. The summed E-state index contributed by atoms with van der Waals surface area (Å²) in [7, 11) is 3.65. The number of hydrogen-bond donors (Lipinski definition) is 2. The van der Waals surface area contributed by atoms with E-state index in [2.05, 4.69) is 20.6 Å². The summed E-state index contributed by atoms with van der Waals surface area (Å²) in [5.74, 6) is -4.09. The fourth-order valence-electron chi connectivity index (χ4n) is 3.38. The van der Waals surface area contributed by atoms with Gasteiger partial charge in [-0.2, -0.15) is 10.2 Å². The first kappa shape index (κ1) is 18.5. The summed E-state index contributed by atoms with van der Waals surface area (Å²) in [6, 6.07) is 1.62. The minimum atomic E-state index is -2.76. The predicted octanol–water partition coefficient (Wildman–Crippen LogP) is 1.74. The van der Waals surface area contributed by atoms with Crippen LogP contribution in [-0.2, 0) is 7.05 Å². The number of aromatic amines is 1. The molecule has 1 unspecified atom stereocenters. The summed E-state index contributed by atoms with van der Waals surface area (Å²) in [6.07, 6.45) is -0.183. The average molecular weight is 366 g/mol. The first-order valence-corrected chi connectivity index (χ1v) is 8.59. The van der Waals surface area contributed by atoms with Crippen molar-refractivity contribution >= 4 is 5.91 Å². The van der Waals surface area contributed by atoms with Crippen LogP contribution < -0.4 is 5.32 Å². The van der Waals surface area contributed by atoms with Crippen molar-refractivity contribution in [1.29, 1.82) is 0 Å². The summed E-state index contributed by atoms with van der Waals surface area (Å²) >= 11 is 0. The number of piperidine rings is 1. The molecular weight excluding hydrogens is 342 g/mol. The lowest BCUT2D eigenvalue weighted by Crippen LogP contribution is -2.50. The van der Waals surface area contributed by atoms with E-state index in [-0.39, 0.29) is 25.2 Å². The SMILES string of the molecule is Cc1nn(C)c(C)c1-c1cc(C(=O)NCC2CN(C)CCC2(F)F)[nH]n1. The Balaban J connectivity index is 1.69. The molecule has 3 heterocycles. The number of likely N-dealkylation sites (tertiary alicyclic amines) is 1. The summed E-state index contributed by atoms with van der Waals surface area (Å²) in [6.45, 7) is 4.35. The second kappa shape index (κ2) is 6.79. The van der Waals surface area contributed by atoms with Gasteiger partial charge in [-0.05, 0) is 27.0 Å². The number of carbonyl (C=O) groups is 1. The third-order valence-electron chi connectivity index (χ3n) is 5.05. The van der Waals surface area contributed by atoms with Crippen molar-refractivity contribution in [2.45, 2.75) is 26.2 Å². The predicted molar refractivity (Wildman–Crippen MR) is 93.1 cm³/mol. The number of H-pyrrole nitrogens is 1. The van der Waals surface area contributed by atoms with E-state index >= 15 is 0 Å². The third-order valence-corrected chi connectivity index (χ3v) is 5.05. The maximum absolute atomic E-state index is 14.0. The molecule has 2 N–H and O–H groups in total. The summed E-state index contributed by atoms with van der Waals surface area (Å²) in [4.78, 5) is 14.2. The first-order chi connectivity index (χ1) is 12.2. The Labute approximate surface area is 150 Å². The number of hydrogen-bond acceptors (Lipinski definition) is 4. The van der Waals surface area contributed by atoms with E-state index in [1.54, 1.807) is 10.7 Å². The highest BCUT2D eigenvalue weighted by Crippen LogP contribution is 2.32. The Kier molecular flexibility index (Phi) is 4.83. The molecule has 0 aromatic carbocycles. The van der Waals surface area contributed by atoms with Crippen molar-refractivity contribution in [1.82, 2.24) is 30.2 Å². The normalized spacial score (nSPS) is 20.3. The number of rotatable bonds is 4. The van der Waals surface area contributed by atoms with Gasteiger partial charge in [-0.3, -0.25) is 14.6 Å². The molecule has 1 aliphatic heterocycles. The van der Waals surface area contributed by atoms with Crippen LogP contribution in [0.5, 0.6) is 0 Å². The summed E-state index contributed by atoms with van der Waals surface area (Å²) in [5.41, 5.74) is 3.47. The van der Waals surface area contributed by atoms with Gasteiger partial charge in [0.15, 0.2) is 0 Å². The Morgan fingerprint density at radius 2 is 2.15 bits per heavy atom. The Bertz CT molecular complexity index is 812. The van der Waals surface area contributed by atoms with Gasteiger partial charge < -0.3 is 10.2 Å². The number of aryl methyl sites for hydroxylation is 2. The topological polar surface area (TPSA) is 78.8 Å². The lowest BCUT2D eigenvalue weighted by Gasteiger charge is -2.36. The molecule has 0 aliphatic carbocycles. The maximum atomic E-state index is 14.0. The van der Waals surface area contributed by atoms with Crippen LogP contribution in [0.3, 0.4) is 0 Å². The van der Waals surface area contributed by atoms with Gasteiger partial charge in [-0.15, -0.1) is 0 Å². The van der Waals surface area contributed by atoms with Gasteiger partial charge in [0.2, 0.25) is 0 Å². The lowest BCUT2D eigenvalue weighted by atomic mass is 9.94. The molecule has 0 spiro atoms. The van der Waals surface area contributed by atoms with E-state index in [0.29, 0.717) is 12.2 Å². The van der Waals surface area contributed by atoms with Crippen LogP contribution in [0.15, 0.2) is 6.07 Å². The van der Waals surface area contributed by atoms with Gasteiger partial charge in [0.05, 0.1) is 17.3 Å². The zero-order valence-electron chi connectivity index (χ0n) is 15.4. The number of nitrogens with zero attached hydrogens (tertiary/aromatic N) is 4. The van der Waals surface area contributed by atoms with Crippen molar-refractivity contribution in [2.24, 2.45) is 13.0 Å². The molecule has 1 atom stereocenters. The molecule has 1 saturated heterocycles. The number of nitrogens with one attached hydrogen (secondary N) is 2. The maximum Gasteiger partial charge on any atom is 0.269 e. The average Bonchev–Trinajstić information content (AvgIpc) is 3.13. The molecule has 9 heteroatoms. The molecule has 7 nitrogen and oxygen atoms in total. The highest BCUT2D eigenvalue weighted by molar-refractivity contribution is 5.93. The van der Waals surface area contributed by atoms with Gasteiger partial charge in [0.1, 0.15) is 5.69 Å². The molecule has 2 aromatic rings. The number of halogens is 2. The molecular formula is C17H24F2N6O. The van der Waals surface area contributed by atoms with Crippen LogP contribution in [-0.4, -0.2) is 63.4 Å². The van der Waals surface area contributed by atoms with Gasteiger partial charge in [0, 0.05) is 44.4 Å². The lowest BCUT2D eigenvalue weighted by molar-refractivity contribution is -0.0994. The smallest absolute Gasteiger partial charge is 0.269 e. The summed E-state index contributed by atoms with van der Waals surface area (Å²) < 4.78 is 29.8. The molecule has 1 fully saturated rings. The van der Waals surface area contributed by atoms with Crippen molar-refractivity contribution in [2.75, 3.05) is 26.7 Å². The standard InChI is InChI=1S/C17H24F2N6O/c1-10-15(11(2)25(4)23-10)13-7-14(22-21-13)16(26)20-8-12-9-24(3)6-5-17(12,18)19/h7,12H,5-6,8-9H2,1-4H3,(H,20,26)(H,21,22). The van der Waals surface area contributed by atoms with Crippen LogP contribution >= 0.6 is 0 Å². The molecule has 3 rings (SSSR count). The monoisotopic (exact) mass is 366 g/mol. The van der Waals surface area contributed by atoms with Crippen molar-refractivity contribution in [3.63, 3.8) is 0 Å².